The molecule has 6 rings (SSSR count). The summed E-state index contributed by atoms with van der Waals surface area (Å²) in [7, 11) is 0. The molecule has 3 heterocycles. The van der Waals surface area contributed by atoms with E-state index in [1.165, 1.54) is 4.68 Å². The number of carboxylic acids is 1. The molecule has 0 radical (unpaired) electrons. The highest BCUT2D eigenvalue weighted by molar-refractivity contribution is 9.10. The molecule has 0 unspecified atom stereocenters. The number of nitrogens with zero attached hydrogens (tertiary/aromatic N) is 4. The number of fused-ring (bicyclic) bond motifs is 3. The van der Waals surface area contributed by atoms with E-state index in [0.717, 1.165) is 32.0 Å². The Morgan fingerprint density at radius 3 is 2.65 bits per heavy atom. The third-order valence-electron chi connectivity index (χ3n) is 6.33. The van der Waals surface area contributed by atoms with Crippen molar-refractivity contribution < 1.29 is 14.3 Å². The van der Waals surface area contributed by atoms with E-state index in [1.54, 1.807) is 29.0 Å². The van der Waals surface area contributed by atoms with Crippen LogP contribution in [0.2, 0.25) is 0 Å². The minimum Gasteiger partial charge on any atom is -0.480 e. The van der Waals surface area contributed by atoms with E-state index in [4.69, 9.17) is 9.40 Å². The first-order chi connectivity index (χ1) is 17.9. The molecule has 0 aliphatic heterocycles. The summed E-state index contributed by atoms with van der Waals surface area (Å²) in [5.74, 6) is -0.279. The number of aliphatic carboxylic acids is 1. The van der Waals surface area contributed by atoms with Crippen LogP contribution in [-0.4, -0.2) is 31.5 Å². The Morgan fingerprint density at radius 1 is 1.08 bits per heavy atom. The standard InChI is InChI=1S/C28H19BrN4O4/c1-16-21(19-6-3-5-9-23(19)32(16)15-26(34)35)14-30-33-27(31-22-8-4-2-7-20(22)28(33)36)25-13-17-12-18(29)10-11-24(17)37-25/h2-14H,15H2,1H3,(H,34,35). The lowest BCUT2D eigenvalue weighted by atomic mass is 10.1. The molecule has 0 atom stereocenters. The predicted molar refractivity (Wildman–Crippen MR) is 146 cm³/mol. The van der Waals surface area contributed by atoms with E-state index in [0.29, 0.717) is 22.2 Å². The number of carboxylic acid groups (broad SMARTS) is 1. The number of halogens is 1. The summed E-state index contributed by atoms with van der Waals surface area (Å²) in [6, 6.07) is 22.1. The van der Waals surface area contributed by atoms with Crippen molar-refractivity contribution in [1.82, 2.24) is 14.2 Å². The summed E-state index contributed by atoms with van der Waals surface area (Å²) in [5, 5.41) is 16.1. The molecule has 1 N–H and O–H groups in total. The molecule has 0 saturated carbocycles. The van der Waals surface area contributed by atoms with Crippen molar-refractivity contribution in [3.05, 3.63) is 98.9 Å². The van der Waals surface area contributed by atoms with E-state index in [2.05, 4.69) is 21.0 Å². The molecular formula is C28H19BrN4O4. The first-order valence-corrected chi connectivity index (χ1v) is 12.3. The Bertz CT molecular complexity index is 1950. The zero-order valence-electron chi connectivity index (χ0n) is 19.6. The van der Waals surface area contributed by atoms with Crippen molar-refractivity contribution in [2.24, 2.45) is 5.10 Å². The van der Waals surface area contributed by atoms with Crippen LogP contribution >= 0.6 is 15.9 Å². The number of para-hydroxylation sites is 2. The fraction of sp³-hybridized carbons (Fsp3) is 0.0714. The SMILES string of the molecule is Cc1c(C=Nn2c(-c3cc4cc(Br)ccc4o3)nc3ccccc3c2=O)c2ccccc2n1CC(=O)O. The van der Waals surface area contributed by atoms with Gasteiger partial charge in [0.15, 0.2) is 5.76 Å². The Morgan fingerprint density at radius 2 is 1.84 bits per heavy atom. The second-order valence-electron chi connectivity index (χ2n) is 8.60. The van der Waals surface area contributed by atoms with Gasteiger partial charge in [-0.3, -0.25) is 9.59 Å². The summed E-state index contributed by atoms with van der Waals surface area (Å²) in [6.07, 6.45) is 1.58. The number of rotatable bonds is 5. The molecule has 0 aliphatic rings. The van der Waals surface area contributed by atoms with Gasteiger partial charge in [0.25, 0.3) is 5.56 Å². The smallest absolute Gasteiger partial charge is 0.323 e. The number of carbonyl (C=O) groups is 1. The normalized spacial score (nSPS) is 11.8. The van der Waals surface area contributed by atoms with Crippen LogP contribution in [0.3, 0.4) is 0 Å². The van der Waals surface area contributed by atoms with Crippen molar-refractivity contribution in [3.8, 4) is 11.6 Å². The maximum Gasteiger partial charge on any atom is 0.323 e. The Labute approximate surface area is 218 Å². The van der Waals surface area contributed by atoms with Gasteiger partial charge in [0.05, 0.1) is 17.1 Å². The third kappa shape index (κ3) is 3.93. The van der Waals surface area contributed by atoms with Gasteiger partial charge in [-0.25, -0.2) is 4.98 Å². The van der Waals surface area contributed by atoms with Crippen molar-refractivity contribution in [1.29, 1.82) is 0 Å². The highest BCUT2D eigenvalue weighted by Crippen LogP contribution is 2.30. The average Bonchev–Trinajstić information content (AvgIpc) is 3.42. The van der Waals surface area contributed by atoms with Crippen molar-refractivity contribution in [2.45, 2.75) is 13.5 Å². The van der Waals surface area contributed by atoms with Gasteiger partial charge in [-0.2, -0.15) is 9.78 Å². The zero-order chi connectivity index (χ0) is 25.7. The van der Waals surface area contributed by atoms with E-state index >= 15 is 0 Å². The van der Waals surface area contributed by atoms with E-state index in [9.17, 15) is 14.7 Å². The Kier molecular flexibility index (Phi) is 5.49. The number of hydrogen-bond donors (Lipinski definition) is 1. The molecule has 182 valence electrons. The molecule has 0 saturated heterocycles. The van der Waals surface area contributed by atoms with E-state index in [1.807, 2.05) is 61.5 Å². The summed E-state index contributed by atoms with van der Waals surface area (Å²) in [4.78, 5) is 29.8. The zero-order valence-corrected chi connectivity index (χ0v) is 21.1. The minimum absolute atomic E-state index is 0.183. The highest BCUT2D eigenvalue weighted by Gasteiger charge is 2.18. The molecule has 0 bridgehead atoms. The number of furan rings is 1. The van der Waals surface area contributed by atoms with Gasteiger partial charge in [0.1, 0.15) is 12.1 Å². The molecule has 0 aliphatic carbocycles. The van der Waals surface area contributed by atoms with Crippen LogP contribution in [0, 0.1) is 6.92 Å². The Balaban J connectivity index is 1.58. The van der Waals surface area contributed by atoms with Crippen LogP contribution in [-0.2, 0) is 11.3 Å². The molecule has 37 heavy (non-hydrogen) atoms. The van der Waals surface area contributed by atoms with Gasteiger partial charge in [0.2, 0.25) is 5.82 Å². The van der Waals surface area contributed by atoms with Crippen molar-refractivity contribution in [3.63, 3.8) is 0 Å². The number of benzene rings is 3. The summed E-state index contributed by atoms with van der Waals surface area (Å²) in [6.45, 7) is 1.65. The van der Waals surface area contributed by atoms with Gasteiger partial charge < -0.3 is 14.1 Å². The lowest BCUT2D eigenvalue weighted by molar-refractivity contribution is -0.137. The molecule has 3 aromatic heterocycles. The molecule has 6 aromatic rings. The first-order valence-electron chi connectivity index (χ1n) is 11.5. The molecule has 0 fully saturated rings. The summed E-state index contributed by atoms with van der Waals surface area (Å²) >= 11 is 3.48. The maximum atomic E-state index is 13.6. The summed E-state index contributed by atoms with van der Waals surface area (Å²) < 4.78 is 9.92. The fourth-order valence-corrected chi connectivity index (χ4v) is 4.97. The van der Waals surface area contributed by atoms with Crippen LogP contribution in [0.25, 0.3) is 44.4 Å². The van der Waals surface area contributed by atoms with Gasteiger partial charge in [0, 0.05) is 32.0 Å². The number of aromatic nitrogens is 3. The van der Waals surface area contributed by atoms with E-state index < -0.39 is 5.97 Å². The summed E-state index contributed by atoms with van der Waals surface area (Å²) in [5.41, 5.74) is 3.07. The average molecular weight is 555 g/mol. The fourth-order valence-electron chi connectivity index (χ4n) is 4.59. The van der Waals surface area contributed by atoms with Crippen LogP contribution < -0.4 is 5.56 Å². The molecule has 3 aromatic carbocycles. The largest absolute Gasteiger partial charge is 0.480 e. The third-order valence-corrected chi connectivity index (χ3v) is 6.82. The molecule has 0 spiro atoms. The van der Waals surface area contributed by atoms with Crippen LogP contribution in [0.15, 0.2) is 91.6 Å². The quantitative estimate of drug-likeness (QED) is 0.271. The second kappa shape index (κ2) is 8.86. The van der Waals surface area contributed by atoms with E-state index in [-0.39, 0.29) is 17.9 Å². The monoisotopic (exact) mass is 554 g/mol. The van der Waals surface area contributed by atoms with Crippen molar-refractivity contribution >= 4 is 60.9 Å². The molecule has 9 heteroatoms. The maximum absolute atomic E-state index is 13.6. The molecule has 8 nitrogen and oxygen atoms in total. The first kappa shape index (κ1) is 22.9. The van der Waals surface area contributed by atoms with Gasteiger partial charge >= 0.3 is 5.97 Å². The Hall–Kier alpha value is -4.50. The van der Waals surface area contributed by atoms with Crippen molar-refractivity contribution in [2.75, 3.05) is 0 Å². The van der Waals surface area contributed by atoms with Crippen LogP contribution in [0.1, 0.15) is 11.3 Å². The second-order valence-corrected chi connectivity index (χ2v) is 9.52. The molecular weight excluding hydrogens is 536 g/mol. The highest BCUT2D eigenvalue weighted by atomic mass is 79.9. The lowest BCUT2D eigenvalue weighted by Gasteiger charge is -2.07. The van der Waals surface area contributed by atoms with Crippen LogP contribution in [0.4, 0.5) is 0 Å². The van der Waals surface area contributed by atoms with Gasteiger partial charge in [-0.1, -0.05) is 46.3 Å². The van der Waals surface area contributed by atoms with Gasteiger partial charge in [-0.15, -0.1) is 0 Å². The minimum atomic E-state index is -0.943. The predicted octanol–water partition coefficient (Wildman–Crippen LogP) is 5.80. The number of hydrogen-bond acceptors (Lipinski definition) is 5. The molecule has 0 amide bonds. The lowest BCUT2D eigenvalue weighted by Crippen LogP contribution is -2.20. The topological polar surface area (TPSA) is 103 Å². The van der Waals surface area contributed by atoms with Crippen LogP contribution in [0.5, 0.6) is 0 Å². The van der Waals surface area contributed by atoms with Gasteiger partial charge in [-0.05, 0) is 49.4 Å².